The molecule has 2 aromatic rings. The minimum Gasteiger partial charge on any atom is -0.474 e. The zero-order valence-corrected chi connectivity index (χ0v) is 14.0. The first kappa shape index (κ1) is 18.5. The van der Waals surface area contributed by atoms with Crippen LogP contribution in [0.2, 0.25) is 0 Å². The molecule has 0 saturated heterocycles. The lowest BCUT2D eigenvalue weighted by Crippen LogP contribution is -2.19. The van der Waals surface area contributed by atoms with Crippen LogP contribution in [0.4, 0.5) is 24.8 Å². The van der Waals surface area contributed by atoms with Gasteiger partial charge in [0.1, 0.15) is 5.56 Å². The van der Waals surface area contributed by atoms with E-state index in [4.69, 9.17) is 10.00 Å². The molecule has 5 nitrogen and oxygen atoms in total. The molecule has 8 heteroatoms. The van der Waals surface area contributed by atoms with Crippen molar-refractivity contribution in [2.24, 2.45) is 0 Å². The number of aromatic nitrogens is 2. The number of nitriles is 1. The zero-order chi connectivity index (χ0) is 18.6. The van der Waals surface area contributed by atoms with Crippen LogP contribution in [-0.2, 0) is 6.18 Å². The summed E-state index contributed by atoms with van der Waals surface area (Å²) in [5.41, 5.74) is -0.0173. The van der Waals surface area contributed by atoms with E-state index < -0.39 is 23.7 Å². The minimum absolute atomic E-state index is 0.0430. The van der Waals surface area contributed by atoms with Crippen LogP contribution in [0.15, 0.2) is 30.5 Å². The Hall–Kier alpha value is -2.82. The summed E-state index contributed by atoms with van der Waals surface area (Å²) in [5.74, 6) is -0.462. The lowest BCUT2D eigenvalue weighted by atomic mass is 10.2. The maximum atomic E-state index is 13.1. The Morgan fingerprint density at radius 2 is 2.08 bits per heavy atom. The van der Waals surface area contributed by atoms with Crippen molar-refractivity contribution >= 4 is 11.6 Å². The molecule has 0 aliphatic rings. The van der Waals surface area contributed by atoms with E-state index >= 15 is 0 Å². The summed E-state index contributed by atoms with van der Waals surface area (Å²) in [6.07, 6.45) is -3.78. The molecule has 0 aliphatic heterocycles. The second kappa shape index (κ2) is 7.38. The molecule has 1 atom stereocenters. The van der Waals surface area contributed by atoms with Gasteiger partial charge in [0.05, 0.1) is 17.7 Å². The van der Waals surface area contributed by atoms with Gasteiger partial charge in [-0.1, -0.05) is 13.0 Å². The number of alkyl halides is 3. The van der Waals surface area contributed by atoms with Crippen molar-refractivity contribution in [1.29, 1.82) is 5.26 Å². The molecule has 0 amide bonds. The summed E-state index contributed by atoms with van der Waals surface area (Å²) in [6, 6.07) is 8.60. The third-order valence-electron chi connectivity index (χ3n) is 3.60. The fourth-order valence-electron chi connectivity index (χ4n) is 1.98. The molecule has 1 aromatic heterocycles. The monoisotopic (exact) mass is 350 g/mol. The maximum Gasteiger partial charge on any atom is 0.423 e. The summed E-state index contributed by atoms with van der Waals surface area (Å²) < 4.78 is 44.8. The predicted molar refractivity (Wildman–Crippen MR) is 86.6 cm³/mol. The van der Waals surface area contributed by atoms with Crippen LogP contribution in [0.25, 0.3) is 0 Å². The van der Waals surface area contributed by atoms with E-state index in [0.29, 0.717) is 23.9 Å². The highest BCUT2D eigenvalue weighted by Gasteiger charge is 2.37. The van der Waals surface area contributed by atoms with Gasteiger partial charge in [-0.25, -0.2) is 4.98 Å². The van der Waals surface area contributed by atoms with Gasteiger partial charge in [0.2, 0.25) is 11.8 Å². The van der Waals surface area contributed by atoms with Crippen molar-refractivity contribution in [1.82, 2.24) is 9.97 Å². The van der Waals surface area contributed by atoms with Gasteiger partial charge in [0.25, 0.3) is 0 Å². The van der Waals surface area contributed by atoms with Gasteiger partial charge in [-0.3, -0.25) is 0 Å². The van der Waals surface area contributed by atoms with Crippen LogP contribution < -0.4 is 9.64 Å². The van der Waals surface area contributed by atoms with Crippen LogP contribution in [0.5, 0.6) is 5.88 Å². The van der Waals surface area contributed by atoms with Gasteiger partial charge in [-0.2, -0.15) is 23.4 Å². The second-order valence-electron chi connectivity index (χ2n) is 5.44. The molecule has 0 saturated carbocycles. The number of hydrogen-bond donors (Lipinski definition) is 0. The first-order chi connectivity index (χ1) is 11.8. The largest absolute Gasteiger partial charge is 0.474 e. The summed E-state index contributed by atoms with van der Waals surface area (Å²) in [7, 11) is 1.60. The van der Waals surface area contributed by atoms with Crippen LogP contribution in [-0.4, -0.2) is 23.1 Å². The number of nitrogens with zero attached hydrogens (tertiary/aromatic N) is 4. The van der Waals surface area contributed by atoms with Crippen molar-refractivity contribution < 1.29 is 17.9 Å². The first-order valence-corrected chi connectivity index (χ1v) is 7.61. The summed E-state index contributed by atoms with van der Waals surface area (Å²) >= 11 is 0. The van der Waals surface area contributed by atoms with Gasteiger partial charge >= 0.3 is 6.18 Å². The Morgan fingerprint density at radius 1 is 1.36 bits per heavy atom. The van der Waals surface area contributed by atoms with Crippen LogP contribution in [0.1, 0.15) is 31.4 Å². The van der Waals surface area contributed by atoms with Crippen molar-refractivity contribution in [3.8, 4) is 11.9 Å². The predicted octanol–water partition coefficient (Wildman–Crippen LogP) is 4.31. The smallest absolute Gasteiger partial charge is 0.423 e. The molecular weight excluding hydrogens is 333 g/mol. The maximum absolute atomic E-state index is 13.1. The van der Waals surface area contributed by atoms with E-state index in [1.54, 1.807) is 45.2 Å². The molecule has 1 aromatic carbocycles. The van der Waals surface area contributed by atoms with Gasteiger partial charge in [-0.15, -0.1) is 0 Å². The molecule has 0 N–H and O–H groups in total. The van der Waals surface area contributed by atoms with E-state index in [9.17, 15) is 13.2 Å². The highest BCUT2D eigenvalue weighted by Crippen LogP contribution is 2.36. The topological polar surface area (TPSA) is 62.0 Å². The average molecular weight is 350 g/mol. The fourth-order valence-corrected chi connectivity index (χ4v) is 1.98. The van der Waals surface area contributed by atoms with Gasteiger partial charge < -0.3 is 9.64 Å². The first-order valence-electron chi connectivity index (χ1n) is 7.61. The highest BCUT2D eigenvalue weighted by atomic mass is 19.4. The molecule has 0 aliphatic carbocycles. The number of halogens is 3. The average Bonchev–Trinajstić information content (AvgIpc) is 2.60. The van der Waals surface area contributed by atoms with E-state index in [1.807, 2.05) is 6.07 Å². The normalized spacial score (nSPS) is 12.4. The van der Waals surface area contributed by atoms with Crippen LogP contribution in [0, 0.1) is 11.3 Å². The van der Waals surface area contributed by atoms with Gasteiger partial charge in [0.15, 0.2) is 0 Å². The van der Waals surface area contributed by atoms with Crippen molar-refractivity contribution in [3.63, 3.8) is 0 Å². The third-order valence-corrected chi connectivity index (χ3v) is 3.60. The standard InChI is InChI=1S/C17H17F3N4O/c1-4-11(2)25-15-14(17(18,19)20)10-22-16(23-15)24(3)13-7-5-6-12(8-13)9-21/h5-8,10-11H,4H2,1-3H3. The molecule has 0 spiro atoms. The Balaban J connectivity index is 2.44. The van der Waals surface area contributed by atoms with E-state index in [1.165, 1.54) is 4.90 Å². The molecule has 25 heavy (non-hydrogen) atoms. The second-order valence-corrected chi connectivity index (χ2v) is 5.44. The number of ether oxygens (including phenoxy) is 1. The third kappa shape index (κ3) is 4.38. The number of rotatable bonds is 5. The Bertz CT molecular complexity index is 786. The number of anilines is 2. The molecule has 0 bridgehead atoms. The van der Waals surface area contributed by atoms with Crippen molar-refractivity contribution in [3.05, 3.63) is 41.6 Å². The van der Waals surface area contributed by atoms with Crippen molar-refractivity contribution in [2.45, 2.75) is 32.5 Å². The van der Waals surface area contributed by atoms with E-state index in [0.717, 1.165) is 0 Å². The Kier molecular flexibility index (Phi) is 5.47. The molecule has 2 rings (SSSR count). The summed E-state index contributed by atoms with van der Waals surface area (Å²) in [4.78, 5) is 9.24. The SMILES string of the molecule is CCC(C)Oc1nc(N(C)c2cccc(C#N)c2)ncc1C(F)(F)F. The van der Waals surface area contributed by atoms with Crippen LogP contribution >= 0.6 is 0 Å². The quantitative estimate of drug-likeness (QED) is 0.804. The Labute approximate surface area is 143 Å². The number of benzene rings is 1. The lowest BCUT2D eigenvalue weighted by molar-refractivity contribution is -0.139. The molecule has 0 fully saturated rings. The Morgan fingerprint density at radius 3 is 2.68 bits per heavy atom. The molecular formula is C17H17F3N4O. The molecule has 1 unspecified atom stereocenters. The lowest BCUT2D eigenvalue weighted by Gasteiger charge is -2.21. The van der Waals surface area contributed by atoms with Crippen molar-refractivity contribution in [2.75, 3.05) is 11.9 Å². The number of hydrogen-bond acceptors (Lipinski definition) is 5. The fraction of sp³-hybridized carbons (Fsp3) is 0.353. The summed E-state index contributed by atoms with van der Waals surface area (Å²) in [5, 5.41) is 8.97. The van der Waals surface area contributed by atoms with Crippen LogP contribution in [0.3, 0.4) is 0 Å². The zero-order valence-electron chi connectivity index (χ0n) is 14.0. The molecule has 1 heterocycles. The van der Waals surface area contributed by atoms with E-state index in [2.05, 4.69) is 9.97 Å². The summed E-state index contributed by atoms with van der Waals surface area (Å²) in [6.45, 7) is 3.47. The van der Waals surface area contributed by atoms with Gasteiger partial charge in [-0.05, 0) is 31.5 Å². The molecule has 132 valence electrons. The van der Waals surface area contributed by atoms with Gasteiger partial charge in [0, 0.05) is 18.9 Å². The minimum atomic E-state index is -4.61. The molecule has 0 radical (unpaired) electrons. The van der Waals surface area contributed by atoms with E-state index in [-0.39, 0.29) is 5.95 Å². The highest BCUT2D eigenvalue weighted by molar-refractivity contribution is 5.59.